The quantitative estimate of drug-likeness (QED) is 0.791. The third-order valence-corrected chi connectivity index (χ3v) is 3.59. The topological polar surface area (TPSA) is 20.3 Å². The Hall–Kier alpha value is -0.550. The summed E-state index contributed by atoms with van der Waals surface area (Å²) < 4.78 is 13.6. The van der Waals surface area contributed by atoms with Gasteiger partial charge in [-0.25, -0.2) is 4.39 Å². The van der Waals surface area contributed by atoms with Crippen LogP contribution in [0.2, 0.25) is 0 Å². The minimum Gasteiger partial charge on any atom is -0.311 e. The van der Waals surface area contributed by atoms with E-state index in [2.05, 4.69) is 28.6 Å². The Morgan fingerprint density at radius 2 is 2.25 bits per heavy atom. The smallest absolute Gasteiger partial charge is 0.228 e. The van der Waals surface area contributed by atoms with E-state index in [0.717, 1.165) is 11.3 Å². The molecule has 0 N–H and O–H groups in total. The first-order valence-electron chi connectivity index (χ1n) is 4.93. The van der Waals surface area contributed by atoms with Crippen molar-refractivity contribution in [2.45, 2.75) is 18.6 Å². The Morgan fingerprint density at radius 1 is 1.56 bits per heavy atom. The van der Waals surface area contributed by atoms with Gasteiger partial charge in [0.1, 0.15) is 5.82 Å². The molecule has 5 heteroatoms. The van der Waals surface area contributed by atoms with Crippen LogP contribution in [-0.2, 0) is 4.79 Å². The van der Waals surface area contributed by atoms with Gasteiger partial charge in [0.15, 0.2) is 0 Å². The molecule has 1 aromatic carbocycles. The van der Waals surface area contributed by atoms with Gasteiger partial charge in [-0.1, -0.05) is 0 Å². The highest BCUT2D eigenvalue weighted by Gasteiger charge is 2.29. The zero-order valence-corrected chi connectivity index (χ0v) is 11.2. The molecule has 1 heterocycles. The van der Waals surface area contributed by atoms with Crippen molar-refractivity contribution in [3.63, 3.8) is 0 Å². The number of benzene rings is 1. The van der Waals surface area contributed by atoms with Gasteiger partial charge in [-0.2, -0.15) is 12.6 Å². The lowest BCUT2D eigenvalue weighted by atomic mass is 10.2. The molecule has 0 saturated carbocycles. The number of aryl methyl sites for hydroxylation is 1. The Bertz CT molecular complexity index is 452. The molecule has 0 aromatic heterocycles. The number of halogens is 2. The molecule has 0 spiro atoms. The first kappa shape index (κ1) is 11.9. The van der Waals surface area contributed by atoms with Gasteiger partial charge in [-0.05, 0) is 40.5 Å². The highest BCUT2D eigenvalue weighted by molar-refractivity contribution is 9.10. The number of nitrogens with zero attached hydrogens (tertiary/aromatic N) is 1. The van der Waals surface area contributed by atoms with Gasteiger partial charge in [0.2, 0.25) is 5.91 Å². The Kier molecular flexibility index (Phi) is 3.26. The summed E-state index contributed by atoms with van der Waals surface area (Å²) in [6.45, 7) is 2.38. The first-order chi connectivity index (χ1) is 7.49. The lowest BCUT2D eigenvalue weighted by molar-refractivity contribution is -0.117. The lowest BCUT2D eigenvalue weighted by Gasteiger charge is -2.19. The standard InChI is InChI=1S/C11H11BrFNOS/c1-6-2-9(13)8(12)4-10(6)14-5-7(16)3-11(14)15/h2,4,7,16H,3,5H2,1H3. The molecule has 1 unspecified atom stereocenters. The lowest BCUT2D eigenvalue weighted by Crippen LogP contribution is -2.25. The number of thiol groups is 1. The van der Waals surface area contributed by atoms with Crippen LogP contribution in [0.5, 0.6) is 0 Å². The minimum absolute atomic E-state index is 0.0432. The molecular formula is C11H11BrFNOS. The monoisotopic (exact) mass is 303 g/mol. The Morgan fingerprint density at radius 3 is 2.81 bits per heavy atom. The molecule has 0 bridgehead atoms. The predicted octanol–water partition coefficient (Wildman–Crippen LogP) is 2.93. The Balaban J connectivity index is 2.41. The average Bonchev–Trinajstić information content (AvgIpc) is 2.51. The number of rotatable bonds is 1. The summed E-state index contributed by atoms with van der Waals surface area (Å²) in [4.78, 5) is 13.4. The molecule has 1 aliphatic rings. The number of amides is 1. The van der Waals surface area contributed by atoms with Crippen LogP contribution in [0.1, 0.15) is 12.0 Å². The van der Waals surface area contributed by atoms with E-state index in [1.165, 1.54) is 6.07 Å². The normalized spacial score (nSPS) is 20.6. The van der Waals surface area contributed by atoms with Crippen LogP contribution in [0.3, 0.4) is 0 Å². The van der Waals surface area contributed by atoms with E-state index in [4.69, 9.17) is 0 Å². The zero-order chi connectivity index (χ0) is 11.9. The van der Waals surface area contributed by atoms with Crippen LogP contribution in [0, 0.1) is 12.7 Å². The van der Waals surface area contributed by atoms with Gasteiger partial charge in [-0.3, -0.25) is 4.79 Å². The van der Waals surface area contributed by atoms with E-state index >= 15 is 0 Å². The average molecular weight is 304 g/mol. The number of anilines is 1. The van der Waals surface area contributed by atoms with Crippen LogP contribution >= 0.6 is 28.6 Å². The molecule has 0 aliphatic carbocycles. The van der Waals surface area contributed by atoms with E-state index in [1.807, 2.05) is 0 Å². The summed E-state index contributed by atoms with van der Waals surface area (Å²) in [5, 5.41) is 0.0655. The molecule has 86 valence electrons. The van der Waals surface area contributed by atoms with Crippen LogP contribution in [0.4, 0.5) is 10.1 Å². The maximum Gasteiger partial charge on any atom is 0.228 e. The van der Waals surface area contributed by atoms with E-state index in [1.54, 1.807) is 17.9 Å². The summed E-state index contributed by atoms with van der Waals surface area (Å²) in [7, 11) is 0. The van der Waals surface area contributed by atoms with Crippen molar-refractivity contribution in [1.82, 2.24) is 0 Å². The summed E-state index contributed by atoms with van der Waals surface area (Å²) in [5.74, 6) is -0.267. The van der Waals surface area contributed by atoms with Crippen LogP contribution < -0.4 is 4.90 Å². The summed E-state index contributed by atoms with van der Waals surface area (Å²) in [6, 6.07) is 3.08. The fourth-order valence-corrected chi connectivity index (χ4v) is 2.50. The van der Waals surface area contributed by atoms with Crippen molar-refractivity contribution < 1.29 is 9.18 Å². The van der Waals surface area contributed by atoms with Gasteiger partial charge in [0.05, 0.1) is 4.47 Å². The van der Waals surface area contributed by atoms with E-state index in [-0.39, 0.29) is 17.0 Å². The van der Waals surface area contributed by atoms with Gasteiger partial charge in [0, 0.05) is 23.9 Å². The second-order valence-corrected chi connectivity index (χ2v) is 5.50. The van der Waals surface area contributed by atoms with Gasteiger partial charge < -0.3 is 4.90 Å². The van der Waals surface area contributed by atoms with Crippen molar-refractivity contribution in [3.8, 4) is 0 Å². The predicted molar refractivity (Wildman–Crippen MR) is 68.6 cm³/mol. The SMILES string of the molecule is Cc1cc(F)c(Br)cc1N1CC(S)CC1=O. The molecule has 2 nitrogen and oxygen atoms in total. The zero-order valence-electron chi connectivity index (χ0n) is 8.70. The molecule has 0 radical (unpaired) electrons. The number of carbonyl (C=O) groups excluding carboxylic acids is 1. The molecule has 1 aliphatic heterocycles. The fourth-order valence-electron chi connectivity index (χ4n) is 1.85. The maximum atomic E-state index is 13.3. The Labute approximate surface area is 107 Å². The molecular weight excluding hydrogens is 293 g/mol. The second-order valence-electron chi connectivity index (χ2n) is 3.92. The molecule has 1 amide bonds. The molecule has 1 fully saturated rings. The van der Waals surface area contributed by atoms with Crippen LogP contribution in [-0.4, -0.2) is 17.7 Å². The van der Waals surface area contributed by atoms with E-state index < -0.39 is 0 Å². The van der Waals surface area contributed by atoms with E-state index in [9.17, 15) is 9.18 Å². The van der Waals surface area contributed by atoms with Gasteiger partial charge >= 0.3 is 0 Å². The van der Waals surface area contributed by atoms with Crippen molar-refractivity contribution in [2.75, 3.05) is 11.4 Å². The number of carbonyl (C=O) groups is 1. The van der Waals surface area contributed by atoms with Gasteiger partial charge in [0.25, 0.3) is 0 Å². The molecule has 1 atom stereocenters. The maximum absolute atomic E-state index is 13.3. The number of hydrogen-bond donors (Lipinski definition) is 1. The second kappa shape index (κ2) is 4.37. The third kappa shape index (κ3) is 2.11. The third-order valence-electron chi connectivity index (χ3n) is 2.63. The molecule has 16 heavy (non-hydrogen) atoms. The van der Waals surface area contributed by atoms with Crippen LogP contribution in [0.25, 0.3) is 0 Å². The number of hydrogen-bond acceptors (Lipinski definition) is 2. The summed E-state index contributed by atoms with van der Waals surface area (Å²) >= 11 is 7.42. The molecule has 1 aromatic rings. The minimum atomic E-state index is -0.310. The van der Waals surface area contributed by atoms with Crippen molar-refractivity contribution in [1.29, 1.82) is 0 Å². The van der Waals surface area contributed by atoms with Crippen molar-refractivity contribution in [3.05, 3.63) is 28.0 Å². The van der Waals surface area contributed by atoms with Crippen molar-refractivity contribution in [2.24, 2.45) is 0 Å². The largest absolute Gasteiger partial charge is 0.311 e. The summed E-state index contributed by atoms with van der Waals surface area (Å²) in [6.07, 6.45) is 0.442. The van der Waals surface area contributed by atoms with Crippen molar-refractivity contribution >= 4 is 40.2 Å². The fraction of sp³-hybridized carbons (Fsp3) is 0.364. The van der Waals surface area contributed by atoms with Gasteiger partial charge in [-0.15, -0.1) is 0 Å². The molecule has 1 saturated heterocycles. The summed E-state index contributed by atoms with van der Waals surface area (Å²) in [5.41, 5.74) is 1.52. The first-order valence-corrected chi connectivity index (χ1v) is 6.24. The highest BCUT2D eigenvalue weighted by atomic mass is 79.9. The van der Waals surface area contributed by atoms with E-state index in [0.29, 0.717) is 17.4 Å². The molecule has 2 rings (SSSR count). The van der Waals surface area contributed by atoms with Crippen LogP contribution in [0.15, 0.2) is 16.6 Å². The highest BCUT2D eigenvalue weighted by Crippen LogP contribution is 2.31.